The molecule has 0 aromatic rings. The van der Waals surface area contributed by atoms with E-state index in [1.165, 1.54) is 0 Å². The Morgan fingerprint density at radius 2 is 2.17 bits per heavy atom. The molecule has 5 heteroatoms. The molecule has 0 aromatic heterocycles. The summed E-state index contributed by atoms with van der Waals surface area (Å²) in [4.78, 5) is 20.3. The average molecular weight is 176 g/mol. The first-order valence-electron chi connectivity index (χ1n) is 3.23. The number of carbonyl (C=O) groups excluding carboxylic acids is 1. The molecule has 0 spiro atoms. The van der Waals surface area contributed by atoms with Crippen molar-refractivity contribution < 1.29 is 23.8 Å². The van der Waals surface area contributed by atoms with Crippen LogP contribution in [0.15, 0.2) is 11.9 Å². The van der Waals surface area contributed by atoms with Gasteiger partial charge in [0.15, 0.2) is 0 Å². The lowest BCUT2D eigenvalue weighted by Gasteiger charge is -1.93. The molecule has 0 rings (SSSR count). The largest absolute Gasteiger partial charge is 0.481 e. The van der Waals surface area contributed by atoms with Crippen LogP contribution in [0.2, 0.25) is 0 Å². The van der Waals surface area contributed by atoms with Crippen LogP contribution in [0.4, 0.5) is 4.39 Å². The van der Waals surface area contributed by atoms with Crippen LogP contribution in [-0.4, -0.2) is 24.2 Å². The number of aliphatic carboxylic acids is 1. The number of esters is 1. The standard InChI is InChI=1S/C7H9FO4/c1-12-7(11)5(8)3-2-4-6(9)10/h3H,2,4H2,1H3,(H,9,10). The molecular weight excluding hydrogens is 167 g/mol. The first-order valence-corrected chi connectivity index (χ1v) is 3.23. The summed E-state index contributed by atoms with van der Waals surface area (Å²) in [5.41, 5.74) is 0. The summed E-state index contributed by atoms with van der Waals surface area (Å²) in [5, 5.41) is 8.15. The predicted octanol–water partition coefficient (Wildman–Crippen LogP) is 0.878. The maximum Gasteiger partial charge on any atom is 0.366 e. The van der Waals surface area contributed by atoms with E-state index >= 15 is 0 Å². The molecule has 0 aromatic carbocycles. The number of hydrogen-bond acceptors (Lipinski definition) is 3. The third-order valence-corrected chi connectivity index (χ3v) is 1.06. The molecule has 0 bridgehead atoms. The minimum atomic E-state index is -1.08. The number of ether oxygens (including phenoxy) is 1. The highest BCUT2D eigenvalue weighted by Gasteiger charge is 2.07. The zero-order valence-corrected chi connectivity index (χ0v) is 6.54. The second kappa shape index (κ2) is 5.29. The molecule has 0 fully saturated rings. The number of hydrogen-bond donors (Lipinski definition) is 1. The molecule has 0 saturated carbocycles. The zero-order chi connectivity index (χ0) is 9.56. The van der Waals surface area contributed by atoms with Crippen molar-refractivity contribution >= 4 is 11.9 Å². The SMILES string of the molecule is COC(=O)C(F)=CCCC(=O)O. The average Bonchev–Trinajstić information content (AvgIpc) is 2.02. The quantitative estimate of drug-likeness (QED) is 0.510. The van der Waals surface area contributed by atoms with Crippen LogP contribution in [0.1, 0.15) is 12.8 Å². The summed E-state index contributed by atoms with van der Waals surface area (Å²) in [6, 6.07) is 0. The van der Waals surface area contributed by atoms with Crippen molar-refractivity contribution in [3.63, 3.8) is 0 Å². The van der Waals surface area contributed by atoms with E-state index in [9.17, 15) is 14.0 Å². The van der Waals surface area contributed by atoms with Crippen molar-refractivity contribution in [3.8, 4) is 0 Å². The maximum absolute atomic E-state index is 12.4. The van der Waals surface area contributed by atoms with Gasteiger partial charge >= 0.3 is 11.9 Å². The van der Waals surface area contributed by atoms with Gasteiger partial charge < -0.3 is 9.84 Å². The van der Waals surface area contributed by atoms with Gasteiger partial charge in [-0.2, -0.15) is 4.39 Å². The number of carboxylic acid groups (broad SMARTS) is 1. The summed E-state index contributed by atoms with van der Waals surface area (Å²) < 4.78 is 16.5. The molecule has 12 heavy (non-hydrogen) atoms. The Balaban J connectivity index is 3.84. The summed E-state index contributed by atoms with van der Waals surface area (Å²) in [5.74, 6) is -3.18. The van der Waals surface area contributed by atoms with Crippen LogP contribution in [0.25, 0.3) is 0 Å². The number of allylic oxidation sites excluding steroid dienone is 1. The van der Waals surface area contributed by atoms with Crippen LogP contribution in [0, 0.1) is 0 Å². The third-order valence-electron chi connectivity index (χ3n) is 1.06. The van der Waals surface area contributed by atoms with Crippen molar-refractivity contribution in [2.75, 3.05) is 7.11 Å². The Morgan fingerprint density at radius 1 is 1.58 bits per heavy atom. The minimum Gasteiger partial charge on any atom is -0.481 e. The van der Waals surface area contributed by atoms with Gasteiger partial charge in [0, 0.05) is 6.42 Å². The van der Waals surface area contributed by atoms with Gasteiger partial charge in [-0.25, -0.2) is 4.79 Å². The molecule has 0 aliphatic carbocycles. The van der Waals surface area contributed by atoms with Crippen molar-refractivity contribution in [1.29, 1.82) is 0 Å². The van der Waals surface area contributed by atoms with Crippen LogP contribution in [0.3, 0.4) is 0 Å². The van der Waals surface area contributed by atoms with E-state index in [1.54, 1.807) is 0 Å². The normalized spacial score (nSPS) is 11.0. The van der Waals surface area contributed by atoms with Crippen LogP contribution >= 0.6 is 0 Å². The lowest BCUT2D eigenvalue weighted by atomic mass is 10.3. The van der Waals surface area contributed by atoms with Gasteiger partial charge in [0.25, 0.3) is 0 Å². The molecular formula is C7H9FO4. The van der Waals surface area contributed by atoms with Gasteiger partial charge in [0.2, 0.25) is 5.83 Å². The van der Waals surface area contributed by atoms with Crippen molar-refractivity contribution in [1.82, 2.24) is 0 Å². The first kappa shape index (κ1) is 10.6. The van der Waals surface area contributed by atoms with E-state index in [0.29, 0.717) is 0 Å². The van der Waals surface area contributed by atoms with Crippen LogP contribution in [0.5, 0.6) is 0 Å². The molecule has 0 radical (unpaired) electrons. The highest BCUT2D eigenvalue weighted by Crippen LogP contribution is 2.02. The Morgan fingerprint density at radius 3 is 2.58 bits per heavy atom. The number of rotatable bonds is 4. The van der Waals surface area contributed by atoms with Gasteiger partial charge in [-0.3, -0.25) is 4.79 Å². The number of carboxylic acids is 1. The summed E-state index contributed by atoms with van der Waals surface area (Å²) in [7, 11) is 1.05. The Kier molecular flexibility index (Phi) is 4.67. The predicted molar refractivity (Wildman–Crippen MR) is 38.1 cm³/mol. The molecule has 0 saturated heterocycles. The Bertz CT molecular complexity index is 209. The van der Waals surface area contributed by atoms with E-state index in [0.717, 1.165) is 13.2 Å². The van der Waals surface area contributed by atoms with Gasteiger partial charge in [-0.05, 0) is 12.5 Å². The van der Waals surface area contributed by atoms with Crippen molar-refractivity contribution in [2.24, 2.45) is 0 Å². The molecule has 4 nitrogen and oxygen atoms in total. The van der Waals surface area contributed by atoms with Crippen molar-refractivity contribution in [3.05, 3.63) is 11.9 Å². The highest BCUT2D eigenvalue weighted by atomic mass is 19.1. The van der Waals surface area contributed by atoms with E-state index in [-0.39, 0.29) is 12.8 Å². The summed E-state index contributed by atoms with van der Waals surface area (Å²) in [6.07, 6.45) is 0.667. The van der Waals surface area contributed by atoms with Crippen LogP contribution in [-0.2, 0) is 14.3 Å². The Hall–Kier alpha value is -1.39. The van der Waals surface area contributed by atoms with E-state index in [2.05, 4.69) is 4.74 Å². The fourth-order valence-corrected chi connectivity index (χ4v) is 0.503. The first-order chi connectivity index (χ1) is 5.57. The molecule has 0 aliphatic heterocycles. The molecule has 0 heterocycles. The van der Waals surface area contributed by atoms with E-state index < -0.39 is 17.8 Å². The zero-order valence-electron chi connectivity index (χ0n) is 6.54. The van der Waals surface area contributed by atoms with E-state index in [4.69, 9.17) is 5.11 Å². The fraction of sp³-hybridized carbons (Fsp3) is 0.429. The monoisotopic (exact) mass is 176 g/mol. The second-order valence-electron chi connectivity index (χ2n) is 1.98. The number of methoxy groups -OCH3 is 1. The molecule has 1 N–H and O–H groups in total. The van der Waals surface area contributed by atoms with Crippen LogP contribution < -0.4 is 0 Å². The highest BCUT2D eigenvalue weighted by molar-refractivity contribution is 5.85. The summed E-state index contributed by atoms with van der Waals surface area (Å²) in [6.45, 7) is 0. The number of carbonyl (C=O) groups is 2. The minimum absolute atomic E-state index is 0.0176. The number of halogens is 1. The Labute approximate surface area is 68.6 Å². The van der Waals surface area contributed by atoms with Gasteiger partial charge in [0.05, 0.1) is 7.11 Å². The smallest absolute Gasteiger partial charge is 0.366 e. The maximum atomic E-state index is 12.4. The molecule has 0 amide bonds. The molecule has 68 valence electrons. The second-order valence-corrected chi connectivity index (χ2v) is 1.98. The lowest BCUT2D eigenvalue weighted by molar-refractivity contribution is -0.138. The lowest BCUT2D eigenvalue weighted by Crippen LogP contribution is -2.00. The van der Waals surface area contributed by atoms with E-state index in [1.807, 2.05) is 0 Å². The summed E-state index contributed by atoms with van der Waals surface area (Å²) >= 11 is 0. The topological polar surface area (TPSA) is 63.6 Å². The third kappa shape index (κ3) is 4.43. The molecule has 0 unspecified atom stereocenters. The molecule has 0 aliphatic rings. The van der Waals surface area contributed by atoms with Gasteiger partial charge in [-0.1, -0.05) is 0 Å². The van der Waals surface area contributed by atoms with Gasteiger partial charge in [0.1, 0.15) is 0 Å². The van der Waals surface area contributed by atoms with Gasteiger partial charge in [-0.15, -0.1) is 0 Å². The fourth-order valence-electron chi connectivity index (χ4n) is 0.503. The van der Waals surface area contributed by atoms with Crippen molar-refractivity contribution in [2.45, 2.75) is 12.8 Å². The molecule has 0 atom stereocenters.